The van der Waals surface area contributed by atoms with Crippen molar-refractivity contribution in [1.29, 1.82) is 0 Å². The maximum atomic E-state index is 11.2. The van der Waals surface area contributed by atoms with Crippen molar-refractivity contribution in [2.75, 3.05) is 26.2 Å². The predicted molar refractivity (Wildman–Crippen MR) is 111 cm³/mol. The number of piperidine rings is 1. The third-order valence-corrected chi connectivity index (χ3v) is 5.20. The molecule has 0 saturated carbocycles. The zero-order valence-electron chi connectivity index (χ0n) is 16.6. The van der Waals surface area contributed by atoms with Gasteiger partial charge in [0.1, 0.15) is 12.3 Å². The van der Waals surface area contributed by atoms with Gasteiger partial charge in [0, 0.05) is 24.2 Å². The van der Waals surface area contributed by atoms with Crippen LogP contribution in [0.25, 0.3) is 0 Å². The Morgan fingerprint density at radius 1 is 1.21 bits per heavy atom. The molecule has 5 heteroatoms. The van der Waals surface area contributed by atoms with E-state index in [1.54, 1.807) is 0 Å². The number of aryl methyl sites for hydroxylation is 2. The van der Waals surface area contributed by atoms with Crippen molar-refractivity contribution >= 4 is 11.7 Å². The minimum atomic E-state index is -0.704. The zero-order valence-corrected chi connectivity index (χ0v) is 16.6. The van der Waals surface area contributed by atoms with Gasteiger partial charge in [0.25, 0.3) is 0 Å². The van der Waals surface area contributed by atoms with Crippen LogP contribution in [0.1, 0.15) is 35.1 Å². The van der Waals surface area contributed by atoms with E-state index < -0.39 is 5.97 Å². The van der Waals surface area contributed by atoms with Crippen molar-refractivity contribution in [3.8, 4) is 0 Å². The summed E-state index contributed by atoms with van der Waals surface area (Å²) in [6.07, 6.45) is 1.67. The minimum absolute atomic E-state index is 0.271. The smallest absolute Gasteiger partial charge is 0.307 e. The highest BCUT2D eigenvalue weighted by molar-refractivity contribution is 6.13. The summed E-state index contributed by atoms with van der Waals surface area (Å²) < 4.78 is 0. The monoisotopic (exact) mass is 380 g/mol. The Morgan fingerprint density at radius 3 is 2.79 bits per heavy atom. The van der Waals surface area contributed by atoms with Gasteiger partial charge in [-0.05, 0) is 44.9 Å². The Morgan fingerprint density at radius 2 is 2.04 bits per heavy atom. The van der Waals surface area contributed by atoms with Gasteiger partial charge in [-0.1, -0.05) is 53.2 Å². The molecule has 3 rings (SSSR count). The van der Waals surface area contributed by atoms with Crippen LogP contribution in [0.3, 0.4) is 0 Å². The molecule has 5 nitrogen and oxygen atoms in total. The molecule has 2 aromatic rings. The van der Waals surface area contributed by atoms with Crippen LogP contribution in [0.15, 0.2) is 53.7 Å². The van der Waals surface area contributed by atoms with Gasteiger partial charge < -0.3 is 9.94 Å². The van der Waals surface area contributed by atoms with Crippen molar-refractivity contribution in [3.63, 3.8) is 0 Å². The summed E-state index contributed by atoms with van der Waals surface area (Å²) in [5, 5.41) is 13.7. The number of carboxylic acids is 1. The number of carboxylic acid groups (broad SMARTS) is 1. The second kappa shape index (κ2) is 9.51. The maximum Gasteiger partial charge on any atom is 0.307 e. The number of likely N-dealkylation sites (tertiary alicyclic amines) is 1. The van der Waals surface area contributed by atoms with Crippen molar-refractivity contribution < 1.29 is 14.7 Å². The largest absolute Gasteiger partial charge is 0.481 e. The number of oxime groups is 1. The Bertz CT molecular complexity index is 847. The summed E-state index contributed by atoms with van der Waals surface area (Å²) in [5.74, 6) is -0.975. The second-order valence-electron chi connectivity index (χ2n) is 7.44. The highest BCUT2D eigenvalue weighted by Gasteiger charge is 2.25. The molecule has 1 aliphatic heterocycles. The summed E-state index contributed by atoms with van der Waals surface area (Å²) in [7, 11) is 0. The van der Waals surface area contributed by atoms with Gasteiger partial charge in [-0.3, -0.25) is 9.69 Å². The average molecular weight is 380 g/mol. The Balaban J connectivity index is 1.70. The number of benzene rings is 2. The van der Waals surface area contributed by atoms with Crippen LogP contribution in [0, 0.1) is 19.8 Å². The Kier molecular flexibility index (Phi) is 6.82. The van der Waals surface area contributed by atoms with E-state index in [0.717, 1.165) is 41.8 Å². The first-order valence-electron chi connectivity index (χ1n) is 9.83. The first kappa shape index (κ1) is 20.1. The standard InChI is InChI=1S/C23H28N2O3/c1-17-7-5-9-19(15-17)22(21-11-4-3-8-18(21)2)24-28-14-13-25-12-6-10-20(16-25)23(26)27/h3-5,7-9,11,15,20H,6,10,12-14,16H2,1-2H3,(H,26,27). The molecule has 1 saturated heterocycles. The first-order chi connectivity index (χ1) is 13.5. The number of hydrogen-bond acceptors (Lipinski definition) is 4. The van der Waals surface area contributed by atoms with Gasteiger partial charge in [-0.25, -0.2) is 0 Å². The quantitative estimate of drug-likeness (QED) is 0.450. The molecule has 1 atom stereocenters. The van der Waals surface area contributed by atoms with Crippen molar-refractivity contribution in [3.05, 3.63) is 70.8 Å². The van der Waals surface area contributed by atoms with Crippen LogP contribution in [-0.4, -0.2) is 47.9 Å². The molecule has 1 aliphatic rings. The number of hydrogen-bond donors (Lipinski definition) is 1. The van der Waals surface area contributed by atoms with Crippen LogP contribution in [0.5, 0.6) is 0 Å². The van der Waals surface area contributed by atoms with Crippen molar-refractivity contribution in [2.24, 2.45) is 11.1 Å². The lowest BCUT2D eigenvalue weighted by Gasteiger charge is -2.30. The van der Waals surface area contributed by atoms with Crippen LogP contribution in [-0.2, 0) is 9.63 Å². The van der Waals surface area contributed by atoms with Gasteiger partial charge in [0.05, 0.1) is 5.92 Å². The fourth-order valence-corrected chi connectivity index (χ4v) is 3.63. The molecule has 0 aliphatic carbocycles. The highest BCUT2D eigenvalue weighted by Crippen LogP contribution is 2.18. The fourth-order valence-electron chi connectivity index (χ4n) is 3.63. The Hall–Kier alpha value is -2.66. The maximum absolute atomic E-state index is 11.2. The summed E-state index contributed by atoms with van der Waals surface area (Å²) >= 11 is 0. The van der Waals surface area contributed by atoms with E-state index in [1.807, 2.05) is 24.3 Å². The summed E-state index contributed by atoms with van der Waals surface area (Å²) in [6, 6.07) is 16.4. The minimum Gasteiger partial charge on any atom is -0.481 e. The van der Waals surface area contributed by atoms with E-state index >= 15 is 0 Å². The number of carbonyl (C=O) groups is 1. The second-order valence-corrected chi connectivity index (χ2v) is 7.44. The molecule has 0 aromatic heterocycles. The molecule has 1 heterocycles. The average Bonchev–Trinajstić information content (AvgIpc) is 2.69. The van der Waals surface area contributed by atoms with Gasteiger partial charge >= 0.3 is 5.97 Å². The van der Waals surface area contributed by atoms with E-state index in [1.165, 1.54) is 5.56 Å². The van der Waals surface area contributed by atoms with Gasteiger partial charge in [-0.15, -0.1) is 0 Å². The molecule has 0 amide bonds. The topological polar surface area (TPSA) is 62.1 Å². The van der Waals surface area contributed by atoms with Gasteiger partial charge in [-0.2, -0.15) is 0 Å². The SMILES string of the molecule is Cc1cccc(C(=NOCCN2CCCC(C(=O)O)C2)c2ccccc2C)c1. The molecule has 0 spiro atoms. The molecular weight excluding hydrogens is 352 g/mol. The van der Waals surface area contributed by atoms with E-state index in [0.29, 0.717) is 19.7 Å². The van der Waals surface area contributed by atoms with Crippen LogP contribution in [0.2, 0.25) is 0 Å². The lowest BCUT2D eigenvalue weighted by Crippen LogP contribution is -2.40. The number of nitrogens with zero attached hydrogens (tertiary/aromatic N) is 2. The molecule has 148 valence electrons. The van der Waals surface area contributed by atoms with E-state index in [2.05, 4.69) is 48.2 Å². The Labute approximate surface area is 166 Å². The summed E-state index contributed by atoms with van der Waals surface area (Å²) in [6.45, 7) is 6.76. The number of aliphatic carboxylic acids is 1. The summed E-state index contributed by atoms with van der Waals surface area (Å²) in [5.41, 5.74) is 5.22. The molecule has 1 fully saturated rings. The molecule has 1 N–H and O–H groups in total. The number of rotatable bonds is 7. The van der Waals surface area contributed by atoms with Gasteiger partial charge in [0.2, 0.25) is 0 Å². The third-order valence-electron chi connectivity index (χ3n) is 5.20. The lowest BCUT2D eigenvalue weighted by molar-refractivity contribution is -0.143. The van der Waals surface area contributed by atoms with Crippen LogP contribution >= 0.6 is 0 Å². The molecular formula is C23H28N2O3. The molecule has 2 aromatic carbocycles. The molecule has 0 bridgehead atoms. The first-order valence-corrected chi connectivity index (χ1v) is 9.83. The van der Waals surface area contributed by atoms with E-state index in [9.17, 15) is 9.90 Å². The molecule has 1 unspecified atom stereocenters. The third kappa shape index (κ3) is 5.20. The van der Waals surface area contributed by atoms with Gasteiger partial charge in [0.15, 0.2) is 0 Å². The highest BCUT2D eigenvalue weighted by atomic mass is 16.6. The fraction of sp³-hybridized carbons (Fsp3) is 0.391. The van der Waals surface area contributed by atoms with E-state index in [4.69, 9.17) is 4.84 Å². The summed E-state index contributed by atoms with van der Waals surface area (Å²) in [4.78, 5) is 19.1. The zero-order chi connectivity index (χ0) is 19.9. The lowest BCUT2D eigenvalue weighted by atomic mass is 9.97. The predicted octanol–water partition coefficient (Wildman–Crippen LogP) is 3.87. The van der Waals surface area contributed by atoms with E-state index in [-0.39, 0.29) is 5.92 Å². The van der Waals surface area contributed by atoms with Crippen molar-refractivity contribution in [1.82, 2.24) is 4.90 Å². The normalized spacial score (nSPS) is 18.1. The van der Waals surface area contributed by atoms with Crippen molar-refractivity contribution in [2.45, 2.75) is 26.7 Å². The molecule has 28 heavy (non-hydrogen) atoms. The molecule has 0 radical (unpaired) electrons. The van der Waals surface area contributed by atoms with Crippen LogP contribution < -0.4 is 0 Å². The van der Waals surface area contributed by atoms with Crippen LogP contribution in [0.4, 0.5) is 0 Å².